The molecule has 0 aromatic heterocycles. The Morgan fingerprint density at radius 2 is 1.41 bits per heavy atom. The van der Waals surface area contributed by atoms with Gasteiger partial charge in [-0.25, -0.2) is 4.39 Å². The van der Waals surface area contributed by atoms with Crippen LogP contribution in [-0.4, -0.2) is 17.3 Å². The third kappa shape index (κ3) is 12.0. The molecule has 0 aliphatic heterocycles. The minimum atomic E-state index is -0.327. The summed E-state index contributed by atoms with van der Waals surface area (Å²) in [7, 11) is 0. The molecular formula is C29H40FNO3. The first-order valence-electron chi connectivity index (χ1n) is 12.9. The van der Waals surface area contributed by atoms with Crippen LogP contribution in [0.4, 0.5) is 10.1 Å². The lowest BCUT2D eigenvalue weighted by atomic mass is 10.0. The largest absolute Gasteiger partial charge is 0.507 e. The van der Waals surface area contributed by atoms with Gasteiger partial charge in [0.1, 0.15) is 17.3 Å². The van der Waals surface area contributed by atoms with E-state index >= 15 is 0 Å². The second-order valence-corrected chi connectivity index (χ2v) is 8.92. The highest BCUT2D eigenvalue weighted by Gasteiger charge is 2.07. The van der Waals surface area contributed by atoms with E-state index in [1.54, 1.807) is 24.3 Å². The summed E-state index contributed by atoms with van der Waals surface area (Å²) < 4.78 is 18.3. The first-order chi connectivity index (χ1) is 16.6. The van der Waals surface area contributed by atoms with E-state index in [2.05, 4.69) is 11.9 Å². The van der Waals surface area contributed by atoms with Gasteiger partial charge in [-0.05, 0) is 42.8 Å². The molecule has 1 N–H and O–H groups in total. The van der Waals surface area contributed by atoms with Crippen molar-refractivity contribution in [2.45, 2.75) is 96.8 Å². The number of nitrogens with zero attached hydrogens (tertiary/aromatic N) is 1. The molecule has 4 nitrogen and oxygen atoms in total. The summed E-state index contributed by atoms with van der Waals surface area (Å²) >= 11 is 0. The van der Waals surface area contributed by atoms with Crippen LogP contribution in [-0.2, 0) is 4.79 Å². The number of aromatic hydroxyl groups is 1. The van der Waals surface area contributed by atoms with Crippen molar-refractivity contribution >= 4 is 17.9 Å². The lowest BCUT2D eigenvalue weighted by Crippen LogP contribution is -2.07. The summed E-state index contributed by atoms with van der Waals surface area (Å²) in [4.78, 5) is 16.3. The Hall–Kier alpha value is -2.69. The lowest BCUT2D eigenvalue weighted by molar-refractivity contribution is -0.134. The number of carbonyl (C=O) groups is 1. The van der Waals surface area contributed by atoms with Crippen LogP contribution in [0.1, 0.15) is 102 Å². The van der Waals surface area contributed by atoms with Gasteiger partial charge < -0.3 is 9.84 Å². The zero-order chi connectivity index (χ0) is 24.4. The monoisotopic (exact) mass is 469 g/mol. The molecule has 0 amide bonds. The molecule has 0 spiro atoms. The zero-order valence-electron chi connectivity index (χ0n) is 20.6. The second-order valence-electron chi connectivity index (χ2n) is 8.92. The van der Waals surface area contributed by atoms with E-state index in [9.17, 15) is 14.3 Å². The molecule has 186 valence electrons. The van der Waals surface area contributed by atoms with Crippen molar-refractivity contribution in [2.75, 3.05) is 0 Å². The fourth-order valence-electron chi connectivity index (χ4n) is 3.84. The fraction of sp³-hybridized carbons (Fsp3) is 0.517. The SMILES string of the molecule is CCCCCCCCCCCCCCCC(=O)Oc1ccc(C=Nc2ccc(F)cc2)c(O)c1. The molecule has 0 heterocycles. The number of phenols is 1. The first kappa shape index (κ1) is 27.6. The number of carbonyl (C=O) groups excluding carboxylic acids is 1. The number of halogens is 1. The van der Waals surface area contributed by atoms with Gasteiger partial charge in [0.2, 0.25) is 0 Å². The van der Waals surface area contributed by atoms with Crippen LogP contribution in [0.2, 0.25) is 0 Å². The van der Waals surface area contributed by atoms with Crippen LogP contribution < -0.4 is 4.74 Å². The van der Waals surface area contributed by atoms with E-state index in [-0.39, 0.29) is 17.5 Å². The average Bonchev–Trinajstić information content (AvgIpc) is 2.82. The molecular weight excluding hydrogens is 429 g/mol. The highest BCUT2D eigenvalue weighted by Crippen LogP contribution is 2.24. The Balaban J connectivity index is 1.55. The van der Waals surface area contributed by atoms with Gasteiger partial charge in [0.05, 0.1) is 5.69 Å². The van der Waals surface area contributed by atoms with Crippen molar-refractivity contribution in [3.8, 4) is 11.5 Å². The van der Waals surface area contributed by atoms with Crippen LogP contribution >= 0.6 is 0 Å². The minimum absolute atomic E-state index is 0.0304. The van der Waals surface area contributed by atoms with Gasteiger partial charge in [0.15, 0.2) is 0 Å². The normalized spacial score (nSPS) is 11.2. The number of esters is 1. The van der Waals surface area contributed by atoms with Crippen molar-refractivity contribution in [3.05, 3.63) is 53.8 Å². The smallest absolute Gasteiger partial charge is 0.311 e. The molecule has 0 aliphatic carbocycles. The lowest BCUT2D eigenvalue weighted by Gasteiger charge is -2.06. The Morgan fingerprint density at radius 1 is 0.853 bits per heavy atom. The quantitative estimate of drug-likeness (QED) is 0.109. The van der Waals surface area contributed by atoms with E-state index in [0.29, 0.717) is 23.4 Å². The summed E-state index contributed by atoms with van der Waals surface area (Å²) in [6.45, 7) is 2.25. The topological polar surface area (TPSA) is 58.9 Å². The Bertz CT molecular complexity index is 864. The molecule has 0 fully saturated rings. The van der Waals surface area contributed by atoms with E-state index in [1.165, 1.54) is 88.6 Å². The second kappa shape index (κ2) is 16.9. The summed E-state index contributed by atoms with van der Waals surface area (Å²) in [6.07, 6.45) is 18.3. The standard InChI is InChI=1S/C29H40FNO3/c1-2-3-4-5-6-7-8-9-10-11-12-13-14-15-29(33)34-27-21-16-24(28(32)22-27)23-31-26-19-17-25(30)18-20-26/h16-23,32H,2-15H2,1H3. The molecule has 5 heteroatoms. The van der Waals surface area contributed by atoms with Crippen LogP contribution in [0.3, 0.4) is 0 Å². The minimum Gasteiger partial charge on any atom is -0.507 e. The molecule has 0 atom stereocenters. The predicted molar refractivity (Wildman–Crippen MR) is 138 cm³/mol. The highest BCUT2D eigenvalue weighted by atomic mass is 19.1. The van der Waals surface area contributed by atoms with Crippen molar-refractivity contribution in [1.82, 2.24) is 0 Å². The number of unbranched alkanes of at least 4 members (excludes halogenated alkanes) is 12. The van der Waals surface area contributed by atoms with Crippen LogP contribution in [0.15, 0.2) is 47.5 Å². The van der Waals surface area contributed by atoms with Crippen LogP contribution in [0, 0.1) is 5.82 Å². The van der Waals surface area contributed by atoms with Crippen molar-refractivity contribution in [2.24, 2.45) is 4.99 Å². The summed E-state index contributed by atoms with van der Waals surface area (Å²) in [6, 6.07) is 10.4. The number of aliphatic imine (C=N–C) groups is 1. The molecule has 0 saturated carbocycles. The third-order valence-electron chi connectivity index (χ3n) is 5.90. The molecule has 0 radical (unpaired) electrons. The van der Waals surface area contributed by atoms with Gasteiger partial charge in [-0.15, -0.1) is 0 Å². The van der Waals surface area contributed by atoms with Crippen LogP contribution in [0.25, 0.3) is 0 Å². The molecule has 0 bridgehead atoms. The van der Waals surface area contributed by atoms with Crippen molar-refractivity contribution in [1.29, 1.82) is 0 Å². The van der Waals surface area contributed by atoms with Crippen LogP contribution in [0.5, 0.6) is 11.5 Å². The third-order valence-corrected chi connectivity index (χ3v) is 5.90. The number of ether oxygens (including phenoxy) is 1. The maximum atomic E-state index is 13.0. The van der Waals surface area contributed by atoms with Crippen molar-refractivity contribution < 1.29 is 19.0 Å². The summed E-state index contributed by atoms with van der Waals surface area (Å²) in [5, 5.41) is 10.2. The maximum Gasteiger partial charge on any atom is 0.311 e. The van der Waals surface area contributed by atoms with E-state index < -0.39 is 0 Å². The van der Waals surface area contributed by atoms with Gasteiger partial charge in [0, 0.05) is 24.3 Å². The fourth-order valence-corrected chi connectivity index (χ4v) is 3.84. The number of rotatable bonds is 17. The van der Waals surface area contributed by atoms with Gasteiger partial charge >= 0.3 is 5.97 Å². The highest BCUT2D eigenvalue weighted by molar-refractivity contribution is 5.86. The Kier molecular flexibility index (Phi) is 13.7. The number of benzene rings is 2. The molecule has 0 unspecified atom stereocenters. The number of hydrogen-bond donors (Lipinski definition) is 1. The van der Waals surface area contributed by atoms with Gasteiger partial charge in [-0.2, -0.15) is 0 Å². The number of hydrogen-bond acceptors (Lipinski definition) is 4. The summed E-state index contributed by atoms with van der Waals surface area (Å²) in [5.74, 6) is -0.324. The Morgan fingerprint density at radius 3 is 1.97 bits per heavy atom. The molecule has 0 aliphatic rings. The van der Waals surface area contributed by atoms with E-state index in [0.717, 1.165) is 19.3 Å². The van der Waals surface area contributed by atoms with Crippen molar-refractivity contribution in [3.63, 3.8) is 0 Å². The average molecular weight is 470 g/mol. The molecule has 2 aromatic carbocycles. The molecule has 2 rings (SSSR count). The Labute approximate surface area is 204 Å². The predicted octanol–water partition coefficient (Wildman–Crippen LogP) is 8.67. The zero-order valence-corrected chi connectivity index (χ0v) is 20.6. The first-order valence-corrected chi connectivity index (χ1v) is 12.9. The maximum absolute atomic E-state index is 13.0. The van der Waals surface area contributed by atoms with Gasteiger partial charge in [0.25, 0.3) is 0 Å². The van der Waals surface area contributed by atoms with E-state index in [4.69, 9.17) is 4.74 Å². The molecule has 34 heavy (non-hydrogen) atoms. The van der Waals surface area contributed by atoms with E-state index in [1.807, 2.05) is 0 Å². The van der Waals surface area contributed by atoms with Gasteiger partial charge in [-0.1, -0.05) is 84.0 Å². The molecule has 0 saturated heterocycles. The molecule has 2 aromatic rings. The summed E-state index contributed by atoms with van der Waals surface area (Å²) in [5.41, 5.74) is 1.06. The van der Waals surface area contributed by atoms with Gasteiger partial charge in [-0.3, -0.25) is 9.79 Å². The number of phenolic OH excluding ortho intramolecular Hbond substituents is 1.